The first kappa shape index (κ1) is 22.0. The van der Waals surface area contributed by atoms with E-state index in [0.717, 1.165) is 49.8 Å². The van der Waals surface area contributed by atoms with Crippen LogP contribution in [0.25, 0.3) is 0 Å². The molecule has 0 amide bonds. The van der Waals surface area contributed by atoms with Crippen LogP contribution in [0.4, 0.5) is 11.8 Å². The molecule has 166 valence electrons. The van der Waals surface area contributed by atoms with Crippen LogP contribution in [0.15, 0.2) is 35.4 Å². The Morgan fingerprint density at radius 3 is 2.74 bits per heavy atom. The Bertz CT molecular complexity index is 891. The van der Waals surface area contributed by atoms with Gasteiger partial charge >= 0.3 is 0 Å². The number of aryl methyl sites for hydroxylation is 2. The largest absolute Gasteiger partial charge is 0.378 e. The first-order chi connectivity index (χ1) is 15.1. The summed E-state index contributed by atoms with van der Waals surface area (Å²) in [7, 11) is -0.972. The Morgan fingerprint density at radius 2 is 1.97 bits per heavy atom. The number of anilines is 2. The summed E-state index contributed by atoms with van der Waals surface area (Å²) in [6.07, 6.45) is 6.96. The van der Waals surface area contributed by atoms with Crippen LogP contribution in [0, 0.1) is 6.92 Å². The SMILES string of the molecule is Cc1cccc(/C=N/Nc2nc(CCC[Si]3(C)CCCC3)cc(N3CCOCC3)n2)c1. The second-order valence-electron chi connectivity index (χ2n) is 9.30. The van der Waals surface area contributed by atoms with Gasteiger partial charge in [0.25, 0.3) is 0 Å². The number of rotatable bonds is 8. The van der Waals surface area contributed by atoms with E-state index in [0.29, 0.717) is 5.95 Å². The molecule has 2 aliphatic rings. The van der Waals surface area contributed by atoms with Crippen LogP contribution in [0.2, 0.25) is 24.7 Å². The third kappa shape index (κ3) is 6.37. The maximum atomic E-state index is 5.52. The van der Waals surface area contributed by atoms with Gasteiger partial charge in [0, 0.05) is 24.8 Å². The molecule has 0 atom stereocenters. The molecule has 0 unspecified atom stereocenters. The number of ether oxygens (including phenoxy) is 1. The number of aromatic nitrogens is 2. The molecule has 2 fully saturated rings. The standard InChI is InChI=1S/C24H35N5OSi/c1-20-7-5-8-21(17-20)19-25-28-24-26-22(9-6-16-31(2)14-3-4-15-31)18-23(27-24)29-10-12-30-13-11-29/h5,7-8,17-19H,3-4,6,9-16H2,1-2H3,(H,26,27,28)/b25-19+. The average Bonchev–Trinajstić information content (AvgIpc) is 3.21. The van der Waals surface area contributed by atoms with E-state index in [1.807, 2.05) is 18.3 Å². The van der Waals surface area contributed by atoms with E-state index in [-0.39, 0.29) is 0 Å². The van der Waals surface area contributed by atoms with E-state index in [2.05, 4.69) is 47.1 Å². The number of benzene rings is 1. The normalized spacial score (nSPS) is 18.6. The number of hydrogen-bond acceptors (Lipinski definition) is 6. The molecule has 6 nitrogen and oxygen atoms in total. The predicted molar refractivity (Wildman–Crippen MR) is 131 cm³/mol. The molecule has 0 aliphatic carbocycles. The predicted octanol–water partition coefficient (Wildman–Crippen LogP) is 4.87. The fraction of sp³-hybridized carbons (Fsp3) is 0.542. The van der Waals surface area contributed by atoms with E-state index >= 15 is 0 Å². The highest BCUT2D eigenvalue weighted by atomic mass is 28.3. The first-order valence-electron chi connectivity index (χ1n) is 11.7. The van der Waals surface area contributed by atoms with Crippen molar-refractivity contribution in [3.8, 4) is 0 Å². The smallest absolute Gasteiger partial charge is 0.245 e. The highest BCUT2D eigenvalue weighted by molar-refractivity contribution is 6.79. The Kier molecular flexibility index (Phi) is 7.35. The van der Waals surface area contributed by atoms with Gasteiger partial charge in [-0.25, -0.2) is 10.4 Å². The summed E-state index contributed by atoms with van der Waals surface area (Å²) in [4.78, 5) is 11.8. The van der Waals surface area contributed by atoms with Crippen molar-refractivity contribution in [2.45, 2.75) is 57.3 Å². The van der Waals surface area contributed by atoms with E-state index in [1.54, 1.807) is 0 Å². The molecular formula is C24H35N5OSi. The van der Waals surface area contributed by atoms with Crippen LogP contribution in [0.5, 0.6) is 0 Å². The minimum absolute atomic E-state index is 0.576. The molecule has 1 aromatic carbocycles. The monoisotopic (exact) mass is 437 g/mol. The van der Waals surface area contributed by atoms with Crippen molar-refractivity contribution >= 4 is 26.1 Å². The lowest BCUT2D eigenvalue weighted by molar-refractivity contribution is 0.122. The van der Waals surface area contributed by atoms with Crippen LogP contribution in [-0.4, -0.2) is 50.6 Å². The number of hydrazone groups is 1. The van der Waals surface area contributed by atoms with Crippen molar-refractivity contribution in [2.75, 3.05) is 36.6 Å². The molecule has 2 saturated heterocycles. The van der Waals surface area contributed by atoms with Gasteiger partial charge in [0.05, 0.1) is 27.5 Å². The molecule has 2 aliphatic heterocycles. The van der Waals surface area contributed by atoms with Gasteiger partial charge in [-0.1, -0.05) is 73.8 Å². The summed E-state index contributed by atoms with van der Waals surface area (Å²) < 4.78 is 5.52. The highest BCUT2D eigenvalue weighted by Crippen LogP contribution is 2.34. The lowest BCUT2D eigenvalue weighted by atomic mass is 10.2. The molecule has 2 aromatic rings. The summed E-state index contributed by atoms with van der Waals surface area (Å²) in [6, 6.07) is 14.9. The maximum absolute atomic E-state index is 5.52. The lowest BCUT2D eigenvalue weighted by Gasteiger charge is -2.28. The summed E-state index contributed by atoms with van der Waals surface area (Å²) in [6.45, 7) is 7.91. The van der Waals surface area contributed by atoms with E-state index in [9.17, 15) is 0 Å². The van der Waals surface area contributed by atoms with Crippen molar-refractivity contribution in [1.29, 1.82) is 0 Å². The maximum Gasteiger partial charge on any atom is 0.245 e. The van der Waals surface area contributed by atoms with Crippen molar-refractivity contribution in [3.63, 3.8) is 0 Å². The summed E-state index contributed by atoms with van der Waals surface area (Å²) in [5.41, 5.74) is 6.46. The molecule has 0 spiro atoms. The topological polar surface area (TPSA) is 62.6 Å². The summed E-state index contributed by atoms with van der Waals surface area (Å²) in [5.74, 6) is 1.55. The number of hydrogen-bond donors (Lipinski definition) is 1. The molecule has 7 heteroatoms. The fourth-order valence-corrected chi connectivity index (χ4v) is 8.69. The molecule has 31 heavy (non-hydrogen) atoms. The Hall–Kier alpha value is -2.25. The highest BCUT2D eigenvalue weighted by Gasteiger charge is 2.30. The van der Waals surface area contributed by atoms with Gasteiger partial charge in [0.2, 0.25) is 5.95 Å². The fourth-order valence-electron chi connectivity index (χ4n) is 4.71. The van der Waals surface area contributed by atoms with Gasteiger partial charge in [0.15, 0.2) is 0 Å². The van der Waals surface area contributed by atoms with Gasteiger partial charge in [-0.15, -0.1) is 0 Å². The second kappa shape index (κ2) is 10.4. The molecular weight excluding hydrogens is 402 g/mol. The molecule has 1 N–H and O–H groups in total. The average molecular weight is 438 g/mol. The number of nitrogens with zero attached hydrogens (tertiary/aromatic N) is 4. The van der Waals surface area contributed by atoms with Crippen molar-refractivity contribution in [2.24, 2.45) is 5.10 Å². The molecule has 0 radical (unpaired) electrons. The zero-order valence-corrected chi connectivity index (χ0v) is 19.9. The number of nitrogens with one attached hydrogen (secondary N) is 1. The van der Waals surface area contributed by atoms with Crippen LogP contribution in [-0.2, 0) is 11.2 Å². The van der Waals surface area contributed by atoms with E-state index in [4.69, 9.17) is 14.7 Å². The zero-order valence-electron chi connectivity index (χ0n) is 18.9. The first-order valence-corrected chi connectivity index (χ1v) is 14.8. The van der Waals surface area contributed by atoms with Gasteiger partial charge < -0.3 is 9.64 Å². The third-order valence-corrected chi connectivity index (χ3v) is 11.2. The molecule has 4 rings (SSSR count). The molecule has 0 bridgehead atoms. The van der Waals surface area contributed by atoms with Crippen molar-refractivity contribution in [3.05, 3.63) is 47.2 Å². The van der Waals surface area contributed by atoms with E-state index in [1.165, 1.54) is 43.0 Å². The summed E-state index contributed by atoms with van der Waals surface area (Å²) >= 11 is 0. The van der Waals surface area contributed by atoms with E-state index < -0.39 is 8.07 Å². The van der Waals surface area contributed by atoms with Gasteiger partial charge in [-0.3, -0.25) is 0 Å². The lowest BCUT2D eigenvalue weighted by Crippen LogP contribution is -2.37. The Balaban J connectivity index is 1.45. The zero-order chi connectivity index (χ0) is 21.5. The van der Waals surface area contributed by atoms with Crippen LogP contribution >= 0.6 is 0 Å². The van der Waals surface area contributed by atoms with Crippen molar-refractivity contribution < 1.29 is 4.74 Å². The third-order valence-electron chi connectivity index (χ3n) is 6.54. The van der Waals surface area contributed by atoms with Crippen LogP contribution in [0.3, 0.4) is 0 Å². The Labute approximate surface area is 187 Å². The quantitative estimate of drug-likeness (QED) is 0.362. The Morgan fingerprint density at radius 1 is 1.16 bits per heavy atom. The van der Waals surface area contributed by atoms with Crippen molar-refractivity contribution in [1.82, 2.24) is 9.97 Å². The van der Waals surface area contributed by atoms with Gasteiger partial charge in [0.1, 0.15) is 5.82 Å². The molecule has 0 saturated carbocycles. The summed E-state index contributed by atoms with van der Waals surface area (Å²) in [5, 5.41) is 4.40. The minimum Gasteiger partial charge on any atom is -0.378 e. The second-order valence-corrected chi connectivity index (χ2v) is 14.4. The van der Waals surface area contributed by atoms with Crippen LogP contribution in [0.1, 0.15) is 36.1 Å². The van der Waals surface area contributed by atoms with Gasteiger partial charge in [-0.2, -0.15) is 10.1 Å². The van der Waals surface area contributed by atoms with Gasteiger partial charge in [-0.05, 0) is 18.9 Å². The molecule has 1 aromatic heterocycles. The minimum atomic E-state index is -0.972. The van der Waals surface area contributed by atoms with Crippen LogP contribution < -0.4 is 10.3 Å². The molecule has 3 heterocycles. The number of morpholine rings is 1.